The van der Waals surface area contributed by atoms with E-state index in [1.54, 1.807) is 13.0 Å². The number of likely N-dealkylation sites (tertiary alicyclic amines) is 1. The van der Waals surface area contributed by atoms with Crippen molar-refractivity contribution in [2.75, 3.05) is 44.2 Å². The van der Waals surface area contributed by atoms with Crippen LogP contribution in [0.15, 0.2) is 18.2 Å². The Morgan fingerprint density at radius 2 is 2.15 bits per heavy atom. The summed E-state index contributed by atoms with van der Waals surface area (Å²) >= 11 is 0. The van der Waals surface area contributed by atoms with Crippen molar-refractivity contribution in [1.82, 2.24) is 15.5 Å². The van der Waals surface area contributed by atoms with E-state index in [-0.39, 0.29) is 17.3 Å². The van der Waals surface area contributed by atoms with Crippen molar-refractivity contribution in [3.63, 3.8) is 0 Å². The maximum absolute atomic E-state index is 14.6. The van der Waals surface area contributed by atoms with Crippen molar-refractivity contribution in [2.45, 2.75) is 38.3 Å². The van der Waals surface area contributed by atoms with Gasteiger partial charge in [-0.3, -0.25) is 9.69 Å². The minimum Gasteiger partial charge on any atom is -0.369 e. The molecule has 2 atom stereocenters. The van der Waals surface area contributed by atoms with Gasteiger partial charge in [-0.2, -0.15) is 0 Å². The molecule has 142 valence electrons. The van der Waals surface area contributed by atoms with Crippen LogP contribution in [0.2, 0.25) is 0 Å². The minimum absolute atomic E-state index is 0.0479. The van der Waals surface area contributed by atoms with E-state index in [1.165, 1.54) is 0 Å². The Morgan fingerprint density at radius 3 is 2.88 bits per heavy atom. The van der Waals surface area contributed by atoms with Crippen LogP contribution in [0.5, 0.6) is 0 Å². The predicted molar refractivity (Wildman–Crippen MR) is 101 cm³/mol. The van der Waals surface area contributed by atoms with Crippen LogP contribution in [0, 0.1) is 11.7 Å². The van der Waals surface area contributed by atoms with Crippen molar-refractivity contribution < 1.29 is 9.18 Å². The number of hydrogen-bond acceptors (Lipinski definition) is 4. The molecule has 3 aliphatic heterocycles. The zero-order valence-electron chi connectivity index (χ0n) is 15.6. The number of carbonyl (C=O) groups is 1. The average molecular weight is 360 g/mol. The quantitative estimate of drug-likeness (QED) is 0.859. The van der Waals surface area contributed by atoms with E-state index in [2.05, 4.69) is 26.5 Å². The summed E-state index contributed by atoms with van der Waals surface area (Å²) < 4.78 is 14.6. The number of rotatable bonds is 4. The first-order valence-corrected chi connectivity index (χ1v) is 9.81. The molecule has 4 rings (SSSR count). The lowest BCUT2D eigenvalue weighted by Gasteiger charge is -2.44. The van der Waals surface area contributed by atoms with Gasteiger partial charge >= 0.3 is 0 Å². The molecule has 1 aromatic rings. The maximum atomic E-state index is 14.6. The lowest BCUT2D eigenvalue weighted by atomic mass is 9.80. The molecule has 0 aliphatic carbocycles. The minimum atomic E-state index is -0.104. The zero-order valence-corrected chi connectivity index (χ0v) is 15.6. The lowest BCUT2D eigenvalue weighted by molar-refractivity contribution is -0.121. The molecular weight excluding hydrogens is 331 g/mol. The fourth-order valence-electron chi connectivity index (χ4n) is 4.93. The Morgan fingerprint density at radius 1 is 1.35 bits per heavy atom. The number of carbonyl (C=O) groups excluding carboxylic acids is 1. The van der Waals surface area contributed by atoms with E-state index in [1.807, 2.05) is 6.07 Å². The van der Waals surface area contributed by atoms with Crippen molar-refractivity contribution in [3.05, 3.63) is 29.6 Å². The second kappa shape index (κ2) is 7.16. The van der Waals surface area contributed by atoms with Crippen LogP contribution in [0.3, 0.4) is 0 Å². The third kappa shape index (κ3) is 3.45. The molecule has 1 amide bonds. The SMILES string of the molecule is CC(=O)N[C@@]12CCN(Cc3ccc(N4CCCC4)c(F)c3)C[C@@H]1CNC2. The summed E-state index contributed by atoms with van der Waals surface area (Å²) in [6, 6.07) is 5.72. The number of anilines is 1. The summed E-state index contributed by atoms with van der Waals surface area (Å²) in [6.07, 6.45) is 3.25. The van der Waals surface area contributed by atoms with Crippen LogP contribution in [-0.2, 0) is 11.3 Å². The van der Waals surface area contributed by atoms with Gasteiger partial charge in [0.1, 0.15) is 5.82 Å². The van der Waals surface area contributed by atoms with Gasteiger partial charge in [-0.25, -0.2) is 4.39 Å². The van der Waals surface area contributed by atoms with Gasteiger partial charge in [0, 0.05) is 58.7 Å². The molecule has 5 nitrogen and oxygen atoms in total. The molecule has 0 spiro atoms. The molecule has 3 fully saturated rings. The molecule has 3 aliphatic rings. The summed E-state index contributed by atoms with van der Waals surface area (Å²) in [5.41, 5.74) is 1.67. The van der Waals surface area contributed by atoms with Gasteiger partial charge in [-0.15, -0.1) is 0 Å². The van der Waals surface area contributed by atoms with Gasteiger partial charge < -0.3 is 15.5 Å². The standard InChI is InChI=1S/C20H29FN4O/c1-15(26)23-20-6-9-24(13-17(20)11-22-14-20)12-16-4-5-19(18(21)10-16)25-7-2-3-8-25/h4-5,10,17,22H,2-3,6-9,11-14H2,1H3,(H,23,26)/t17-,20+/m0/s1. The first-order chi connectivity index (χ1) is 12.6. The Kier molecular flexibility index (Phi) is 4.88. The van der Waals surface area contributed by atoms with Crippen LogP contribution < -0.4 is 15.5 Å². The predicted octanol–water partition coefficient (Wildman–Crippen LogP) is 1.73. The van der Waals surface area contributed by atoms with E-state index in [0.29, 0.717) is 5.92 Å². The highest BCUT2D eigenvalue weighted by atomic mass is 19.1. The normalized spacial score (nSPS) is 29.0. The summed E-state index contributed by atoms with van der Waals surface area (Å²) in [5, 5.41) is 6.63. The van der Waals surface area contributed by atoms with Crippen LogP contribution in [0.1, 0.15) is 31.7 Å². The molecule has 2 N–H and O–H groups in total. The fraction of sp³-hybridized carbons (Fsp3) is 0.650. The Hall–Kier alpha value is -1.66. The van der Waals surface area contributed by atoms with Gasteiger partial charge in [0.15, 0.2) is 0 Å². The molecule has 6 heteroatoms. The van der Waals surface area contributed by atoms with Crippen LogP contribution in [0.4, 0.5) is 10.1 Å². The van der Waals surface area contributed by atoms with Gasteiger partial charge in [-0.1, -0.05) is 6.07 Å². The second-order valence-electron chi connectivity index (χ2n) is 8.13. The summed E-state index contributed by atoms with van der Waals surface area (Å²) in [5.74, 6) is 0.358. The molecular formula is C20H29FN4O. The monoisotopic (exact) mass is 360 g/mol. The number of amides is 1. The molecule has 3 heterocycles. The highest BCUT2D eigenvalue weighted by Gasteiger charge is 2.46. The van der Waals surface area contributed by atoms with E-state index in [4.69, 9.17) is 0 Å². The summed E-state index contributed by atoms with van der Waals surface area (Å²) in [4.78, 5) is 16.1. The van der Waals surface area contributed by atoms with Crippen molar-refractivity contribution >= 4 is 11.6 Å². The molecule has 26 heavy (non-hydrogen) atoms. The highest BCUT2D eigenvalue weighted by Crippen LogP contribution is 2.32. The van der Waals surface area contributed by atoms with Crippen molar-refractivity contribution in [2.24, 2.45) is 5.92 Å². The first kappa shape index (κ1) is 17.7. The fourth-order valence-corrected chi connectivity index (χ4v) is 4.93. The number of benzene rings is 1. The third-order valence-electron chi connectivity index (χ3n) is 6.26. The van der Waals surface area contributed by atoms with E-state index in [9.17, 15) is 9.18 Å². The van der Waals surface area contributed by atoms with Crippen LogP contribution >= 0.6 is 0 Å². The van der Waals surface area contributed by atoms with Gasteiger partial charge in [-0.05, 0) is 37.0 Å². The Bertz CT molecular complexity index is 676. The molecule has 0 unspecified atom stereocenters. The molecule has 3 saturated heterocycles. The van der Waals surface area contributed by atoms with Gasteiger partial charge in [0.05, 0.1) is 11.2 Å². The number of halogens is 1. The summed E-state index contributed by atoms with van der Waals surface area (Å²) in [6.45, 7) is 7.93. The zero-order chi connectivity index (χ0) is 18.1. The van der Waals surface area contributed by atoms with E-state index >= 15 is 0 Å². The van der Waals surface area contributed by atoms with Crippen molar-refractivity contribution in [3.8, 4) is 0 Å². The number of piperidine rings is 1. The Balaban J connectivity index is 1.41. The first-order valence-electron chi connectivity index (χ1n) is 9.81. The second-order valence-corrected chi connectivity index (χ2v) is 8.13. The lowest BCUT2D eigenvalue weighted by Crippen LogP contribution is -2.60. The molecule has 0 radical (unpaired) electrons. The van der Waals surface area contributed by atoms with Crippen LogP contribution in [0.25, 0.3) is 0 Å². The topological polar surface area (TPSA) is 47.6 Å². The molecule has 1 aromatic carbocycles. The van der Waals surface area contributed by atoms with Gasteiger partial charge in [0.25, 0.3) is 0 Å². The Labute approximate surface area is 154 Å². The van der Waals surface area contributed by atoms with Crippen LogP contribution in [-0.4, -0.2) is 55.6 Å². The number of fused-ring (bicyclic) bond motifs is 1. The van der Waals surface area contributed by atoms with Crippen molar-refractivity contribution in [1.29, 1.82) is 0 Å². The maximum Gasteiger partial charge on any atom is 0.217 e. The van der Waals surface area contributed by atoms with E-state index < -0.39 is 0 Å². The summed E-state index contributed by atoms with van der Waals surface area (Å²) in [7, 11) is 0. The molecule has 0 aromatic heterocycles. The van der Waals surface area contributed by atoms with E-state index in [0.717, 1.165) is 76.3 Å². The number of nitrogens with zero attached hydrogens (tertiary/aromatic N) is 2. The highest BCUT2D eigenvalue weighted by molar-refractivity contribution is 5.74. The largest absolute Gasteiger partial charge is 0.369 e. The van der Waals surface area contributed by atoms with Gasteiger partial charge in [0.2, 0.25) is 5.91 Å². The smallest absolute Gasteiger partial charge is 0.217 e. The average Bonchev–Trinajstić information content (AvgIpc) is 3.24. The molecule has 0 bridgehead atoms. The number of nitrogens with one attached hydrogen (secondary N) is 2. The number of hydrogen-bond donors (Lipinski definition) is 2. The molecule has 0 saturated carbocycles. The third-order valence-corrected chi connectivity index (χ3v) is 6.26.